The Morgan fingerprint density at radius 2 is 2.37 bits per heavy atom. The van der Waals surface area contributed by atoms with Gasteiger partial charge in [-0.2, -0.15) is 5.10 Å². The molecule has 19 heavy (non-hydrogen) atoms. The van der Waals surface area contributed by atoms with Crippen molar-refractivity contribution in [1.29, 1.82) is 0 Å². The van der Waals surface area contributed by atoms with Gasteiger partial charge in [-0.05, 0) is 18.2 Å². The van der Waals surface area contributed by atoms with E-state index in [1.165, 1.54) is 6.92 Å². The third-order valence-corrected chi connectivity index (χ3v) is 3.95. The molecular weight excluding hydrogens is 260 g/mol. The highest BCUT2D eigenvalue weighted by Gasteiger charge is 2.10. The van der Waals surface area contributed by atoms with Gasteiger partial charge in [0, 0.05) is 28.9 Å². The van der Waals surface area contributed by atoms with Crippen molar-refractivity contribution in [3.63, 3.8) is 0 Å². The number of anilines is 1. The van der Waals surface area contributed by atoms with E-state index in [9.17, 15) is 4.79 Å². The Morgan fingerprint density at radius 1 is 1.53 bits per heavy atom. The standard InChI is InChI=1S/C13H14N4OS/c1-8(18)16-12-6-10-11(19-12)3-2-9-7-15-17(5-4-14)13(9)10/h2-3,6-7H,4-5,14H2,1H3,(H,16,18). The first-order valence-corrected chi connectivity index (χ1v) is 6.86. The van der Waals surface area contributed by atoms with Gasteiger partial charge >= 0.3 is 0 Å². The van der Waals surface area contributed by atoms with Crippen molar-refractivity contribution >= 4 is 43.2 Å². The van der Waals surface area contributed by atoms with Gasteiger partial charge in [0.1, 0.15) is 0 Å². The lowest BCUT2D eigenvalue weighted by atomic mass is 10.2. The quantitative estimate of drug-likeness (QED) is 0.768. The zero-order valence-corrected chi connectivity index (χ0v) is 11.3. The van der Waals surface area contributed by atoms with Crippen LogP contribution >= 0.6 is 11.3 Å². The van der Waals surface area contributed by atoms with Crippen molar-refractivity contribution in [2.45, 2.75) is 13.5 Å². The molecule has 0 fully saturated rings. The molecule has 0 aliphatic rings. The van der Waals surface area contributed by atoms with Crippen molar-refractivity contribution < 1.29 is 4.79 Å². The summed E-state index contributed by atoms with van der Waals surface area (Å²) in [5.41, 5.74) is 6.69. The van der Waals surface area contributed by atoms with Crippen LogP contribution in [-0.4, -0.2) is 22.2 Å². The van der Waals surface area contributed by atoms with E-state index in [0.29, 0.717) is 13.1 Å². The molecule has 3 N–H and O–H groups in total. The zero-order valence-electron chi connectivity index (χ0n) is 10.5. The smallest absolute Gasteiger partial charge is 0.221 e. The highest BCUT2D eigenvalue weighted by Crippen LogP contribution is 2.34. The molecule has 0 saturated carbocycles. The fraction of sp³-hybridized carbons (Fsp3) is 0.231. The number of hydrogen-bond acceptors (Lipinski definition) is 4. The Morgan fingerprint density at radius 3 is 3.11 bits per heavy atom. The minimum atomic E-state index is -0.0572. The number of rotatable bonds is 3. The van der Waals surface area contributed by atoms with Crippen LogP contribution in [-0.2, 0) is 11.3 Å². The minimum absolute atomic E-state index is 0.0572. The first-order valence-electron chi connectivity index (χ1n) is 6.05. The van der Waals surface area contributed by atoms with E-state index in [2.05, 4.69) is 16.5 Å². The SMILES string of the molecule is CC(=O)Nc1cc2c(ccc3cnn(CCN)c32)s1. The van der Waals surface area contributed by atoms with Gasteiger partial charge < -0.3 is 11.1 Å². The van der Waals surface area contributed by atoms with Crippen molar-refractivity contribution in [3.05, 3.63) is 24.4 Å². The normalized spacial score (nSPS) is 11.3. The molecule has 3 aromatic rings. The monoisotopic (exact) mass is 274 g/mol. The molecule has 0 radical (unpaired) electrons. The van der Waals surface area contributed by atoms with Gasteiger partial charge in [0.2, 0.25) is 5.91 Å². The van der Waals surface area contributed by atoms with E-state index in [1.54, 1.807) is 11.3 Å². The molecule has 2 aromatic heterocycles. The van der Waals surface area contributed by atoms with Gasteiger partial charge in [0.05, 0.1) is 23.3 Å². The summed E-state index contributed by atoms with van der Waals surface area (Å²) in [7, 11) is 0. The molecule has 5 nitrogen and oxygen atoms in total. The zero-order chi connectivity index (χ0) is 13.4. The van der Waals surface area contributed by atoms with E-state index in [-0.39, 0.29) is 5.91 Å². The van der Waals surface area contributed by atoms with E-state index >= 15 is 0 Å². The van der Waals surface area contributed by atoms with Crippen LogP contribution < -0.4 is 11.1 Å². The van der Waals surface area contributed by atoms with Gasteiger partial charge in [0.15, 0.2) is 0 Å². The van der Waals surface area contributed by atoms with Crippen molar-refractivity contribution in [2.75, 3.05) is 11.9 Å². The van der Waals surface area contributed by atoms with Gasteiger partial charge in [-0.15, -0.1) is 11.3 Å². The molecule has 0 aliphatic carbocycles. The second-order valence-corrected chi connectivity index (χ2v) is 5.45. The third-order valence-electron chi connectivity index (χ3n) is 2.94. The number of nitrogens with zero attached hydrogens (tertiary/aromatic N) is 2. The van der Waals surface area contributed by atoms with Crippen LogP contribution in [0.2, 0.25) is 0 Å². The Labute approximate surface area is 114 Å². The molecule has 1 aromatic carbocycles. The maximum Gasteiger partial charge on any atom is 0.221 e. The largest absolute Gasteiger partial charge is 0.329 e. The van der Waals surface area contributed by atoms with E-state index in [0.717, 1.165) is 26.0 Å². The molecule has 2 heterocycles. The van der Waals surface area contributed by atoms with Crippen LogP contribution in [0.15, 0.2) is 24.4 Å². The Balaban J connectivity index is 2.22. The van der Waals surface area contributed by atoms with Crippen LogP contribution in [0.4, 0.5) is 5.00 Å². The number of thiophene rings is 1. The first-order chi connectivity index (χ1) is 9.19. The minimum Gasteiger partial charge on any atom is -0.329 e. The van der Waals surface area contributed by atoms with Gasteiger partial charge in [0.25, 0.3) is 0 Å². The molecule has 1 amide bonds. The van der Waals surface area contributed by atoms with Crippen molar-refractivity contribution in [3.8, 4) is 0 Å². The molecule has 0 spiro atoms. The lowest BCUT2D eigenvalue weighted by Crippen LogP contribution is -2.10. The highest BCUT2D eigenvalue weighted by molar-refractivity contribution is 7.23. The summed E-state index contributed by atoms with van der Waals surface area (Å²) in [6, 6.07) is 6.10. The average Bonchev–Trinajstić information content (AvgIpc) is 2.91. The van der Waals surface area contributed by atoms with Crippen LogP contribution in [0.3, 0.4) is 0 Å². The van der Waals surface area contributed by atoms with Gasteiger partial charge in [-0.3, -0.25) is 9.48 Å². The number of carbonyl (C=O) groups excluding carboxylic acids is 1. The number of amides is 1. The maximum absolute atomic E-state index is 11.1. The Bertz CT molecular complexity index is 759. The highest BCUT2D eigenvalue weighted by atomic mass is 32.1. The van der Waals surface area contributed by atoms with E-state index in [4.69, 9.17) is 5.73 Å². The van der Waals surface area contributed by atoms with Crippen molar-refractivity contribution in [1.82, 2.24) is 9.78 Å². The topological polar surface area (TPSA) is 72.9 Å². The number of aromatic nitrogens is 2. The van der Waals surface area contributed by atoms with Crippen LogP contribution in [0, 0.1) is 0 Å². The molecule has 0 bridgehead atoms. The number of nitrogens with one attached hydrogen (secondary N) is 1. The molecular formula is C13H14N4OS. The van der Waals surface area contributed by atoms with Gasteiger partial charge in [-0.1, -0.05) is 0 Å². The average molecular weight is 274 g/mol. The molecule has 3 rings (SSSR count). The number of hydrogen-bond donors (Lipinski definition) is 2. The predicted molar refractivity (Wildman–Crippen MR) is 78.5 cm³/mol. The predicted octanol–water partition coefficient (Wildman–Crippen LogP) is 2.17. The number of nitrogens with two attached hydrogens (primary N) is 1. The Hall–Kier alpha value is -1.92. The lowest BCUT2D eigenvalue weighted by Gasteiger charge is -2.01. The van der Waals surface area contributed by atoms with E-state index in [1.807, 2.05) is 23.0 Å². The number of fused-ring (bicyclic) bond motifs is 3. The second-order valence-electron chi connectivity index (χ2n) is 4.36. The Kier molecular flexibility index (Phi) is 2.96. The number of carbonyl (C=O) groups is 1. The summed E-state index contributed by atoms with van der Waals surface area (Å²) in [6.45, 7) is 2.75. The number of benzene rings is 1. The van der Waals surface area contributed by atoms with Crippen molar-refractivity contribution in [2.24, 2.45) is 5.73 Å². The second kappa shape index (κ2) is 4.64. The van der Waals surface area contributed by atoms with Crippen LogP contribution in [0.1, 0.15) is 6.92 Å². The first kappa shape index (κ1) is 12.1. The molecule has 0 aliphatic heterocycles. The van der Waals surface area contributed by atoms with Crippen LogP contribution in [0.25, 0.3) is 21.0 Å². The summed E-state index contributed by atoms with van der Waals surface area (Å²) < 4.78 is 3.05. The van der Waals surface area contributed by atoms with Gasteiger partial charge in [-0.25, -0.2) is 0 Å². The molecule has 0 unspecified atom stereocenters. The molecule has 98 valence electrons. The molecule has 0 atom stereocenters. The lowest BCUT2D eigenvalue weighted by molar-refractivity contribution is -0.114. The molecule has 0 saturated heterocycles. The summed E-state index contributed by atoms with van der Waals surface area (Å²) in [6.07, 6.45) is 1.85. The summed E-state index contributed by atoms with van der Waals surface area (Å²) in [4.78, 5) is 11.1. The summed E-state index contributed by atoms with van der Waals surface area (Å²) in [5, 5.41) is 10.2. The van der Waals surface area contributed by atoms with Crippen LogP contribution in [0.5, 0.6) is 0 Å². The fourth-order valence-electron chi connectivity index (χ4n) is 2.22. The maximum atomic E-state index is 11.1. The fourth-order valence-corrected chi connectivity index (χ4v) is 3.23. The third kappa shape index (κ3) is 2.09. The summed E-state index contributed by atoms with van der Waals surface area (Å²) >= 11 is 1.57. The molecule has 6 heteroatoms. The van der Waals surface area contributed by atoms with E-state index < -0.39 is 0 Å². The summed E-state index contributed by atoms with van der Waals surface area (Å²) in [5.74, 6) is -0.0572.